The number of nitrogens with zero attached hydrogens (tertiary/aromatic N) is 2. The van der Waals surface area contributed by atoms with Gasteiger partial charge in [0.05, 0.1) is 13.7 Å². The van der Waals surface area contributed by atoms with Gasteiger partial charge in [-0.3, -0.25) is 5.32 Å². The van der Waals surface area contributed by atoms with Gasteiger partial charge in [-0.05, 0) is 67.8 Å². The summed E-state index contributed by atoms with van der Waals surface area (Å²) >= 11 is 0. The SMILES string of the molecule is COc1ccccc1CN=C(NC#N)NCC12CC3CC(CC(C3)C1)C2. The van der Waals surface area contributed by atoms with E-state index >= 15 is 0 Å². The molecular weight excluding hydrogens is 324 g/mol. The van der Waals surface area contributed by atoms with Crippen LogP contribution < -0.4 is 15.4 Å². The number of benzene rings is 1. The van der Waals surface area contributed by atoms with Crippen LogP contribution in [0.2, 0.25) is 0 Å². The van der Waals surface area contributed by atoms with Gasteiger partial charge in [-0.25, -0.2) is 4.99 Å². The van der Waals surface area contributed by atoms with Crippen molar-refractivity contribution in [2.24, 2.45) is 28.2 Å². The zero-order chi connectivity index (χ0) is 18.0. The van der Waals surface area contributed by atoms with Crippen LogP contribution >= 0.6 is 0 Å². The Bertz CT molecular complexity index is 686. The molecule has 0 amide bonds. The Morgan fingerprint density at radius 3 is 2.46 bits per heavy atom. The molecule has 0 aliphatic heterocycles. The monoisotopic (exact) mass is 352 g/mol. The quantitative estimate of drug-likeness (QED) is 0.369. The zero-order valence-corrected chi connectivity index (χ0v) is 15.5. The summed E-state index contributed by atoms with van der Waals surface area (Å²) in [5, 5.41) is 15.3. The molecule has 4 bridgehead atoms. The predicted molar refractivity (Wildman–Crippen MR) is 101 cm³/mol. The third-order valence-corrected chi connectivity index (χ3v) is 6.57. The molecule has 0 atom stereocenters. The summed E-state index contributed by atoms with van der Waals surface area (Å²) < 4.78 is 5.39. The molecule has 0 heterocycles. The van der Waals surface area contributed by atoms with Crippen LogP contribution in [0.4, 0.5) is 0 Å². The topological polar surface area (TPSA) is 69.4 Å². The molecule has 4 aliphatic carbocycles. The highest BCUT2D eigenvalue weighted by Gasteiger charge is 2.50. The molecule has 1 aromatic carbocycles. The Morgan fingerprint density at radius 1 is 1.19 bits per heavy atom. The van der Waals surface area contributed by atoms with Crippen molar-refractivity contribution in [1.29, 1.82) is 5.26 Å². The van der Waals surface area contributed by atoms with Crippen LogP contribution in [0.5, 0.6) is 5.75 Å². The van der Waals surface area contributed by atoms with Gasteiger partial charge in [-0.2, -0.15) is 5.26 Å². The van der Waals surface area contributed by atoms with E-state index in [1.54, 1.807) is 7.11 Å². The van der Waals surface area contributed by atoms with Crippen LogP contribution in [0.3, 0.4) is 0 Å². The molecule has 0 saturated heterocycles. The molecule has 5 nitrogen and oxygen atoms in total. The van der Waals surface area contributed by atoms with Crippen molar-refractivity contribution in [3.05, 3.63) is 29.8 Å². The van der Waals surface area contributed by atoms with E-state index in [9.17, 15) is 0 Å². The Hall–Kier alpha value is -2.22. The van der Waals surface area contributed by atoms with Crippen molar-refractivity contribution in [3.63, 3.8) is 0 Å². The third-order valence-electron chi connectivity index (χ3n) is 6.57. The fourth-order valence-corrected chi connectivity index (χ4v) is 5.97. The zero-order valence-electron chi connectivity index (χ0n) is 15.5. The number of aliphatic imine (C=N–C) groups is 1. The molecule has 0 radical (unpaired) electrons. The molecule has 4 saturated carbocycles. The lowest BCUT2D eigenvalue weighted by atomic mass is 9.49. The molecule has 5 rings (SSSR count). The Balaban J connectivity index is 1.42. The lowest BCUT2D eigenvalue weighted by Crippen LogP contribution is -2.52. The first-order chi connectivity index (χ1) is 12.7. The second kappa shape index (κ2) is 7.19. The summed E-state index contributed by atoms with van der Waals surface area (Å²) in [5.74, 6) is 4.20. The minimum atomic E-state index is 0.414. The number of para-hydroxylation sites is 1. The standard InChI is InChI=1S/C21H28N4O/c1-26-19-5-3-2-4-18(19)12-23-20(25-14-22)24-13-21-9-15-6-16(10-21)8-17(7-15)11-21/h2-5,15-17H,6-13H2,1H3,(H2,23,24,25). The summed E-state index contributed by atoms with van der Waals surface area (Å²) in [6, 6.07) is 7.87. The summed E-state index contributed by atoms with van der Waals surface area (Å²) in [6.07, 6.45) is 10.4. The molecule has 138 valence electrons. The van der Waals surface area contributed by atoms with Crippen molar-refractivity contribution in [2.45, 2.75) is 45.1 Å². The number of methoxy groups -OCH3 is 1. The average molecular weight is 352 g/mol. The average Bonchev–Trinajstić information content (AvgIpc) is 2.63. The van der Waals surface area contributed by atoms with Gasteiger partial charge in [-0.1, -0.05) is 18.2 Å². The third kappa shape index (κ3) is 3.51. The normalized spacial score (nSPS) is 32.2. The number of nitrogens with one attached hydrogen (secondary N) is 2. The minimum absolute atomic E-state index is 0.414. The Kier molecular flexibility index (Phi) is 4.76. The van der Waals surface area contributed by atoms with Gasteiger partial charge < -0.3 is 10.1 Å². The van der Waals surface area contributed by atoms with Crippen LogP contribution in [0.25, 0.3) is 0 Å². The summed E-state index contributed by atoms with van der Waals surface area (Å²) in [6.45, 7) is 1.41. The molecule has 4 aliphatic rings. The van der Waals surface area contributed by atoms with Gasteiger partial charge >= 0.3 is 0 Å². The van der Waals surface area contributed by atoms with Crippen molar-refractivity contribution in [3.8, 4) is 11.9 Å². The van der Waals surface area contributed by atoms with E-state index in [0.717, 1.165) is 35.6 Å². The molecule has 1 aromatic rings. The first-order valence-electron chi connectivity index (χ1n) is 9.75. The second-order valence-corrected chi connectivity index (χ2v) is 8.48. The van der Waals surface area contributed by atoms with Crippen molar-refractivity contribution in [2.75, 3.05) is 13.7 Å². The molecule has 2 N–H and O–H groups in total. The molecule has 5 heteroatoms. The first kappa shape index (κ1) is 17.2. The van der Waals surface area contributed by atoms with Crippen molar-refractivity contribution < 1.29 is 4.74 Å². The molecule has 26 heavy (non-hydrogen) atoms. The molecule has 4 fully saturated rings. The van der Waals surface area contributed by atoms with Gasteiger partial charge in [0.1, 0.15) is 5.75 Å². The van der Waals surface area contributed by atoms with Crippen LogP contribution in [0, 0.1) is 34.6 Å². The van der Waals surface area contributed by atoms with E-state index in [-0.39, 0.29) is 0 Å². The van der Waals surface area contributed by atoms with Gasteiger partial charge in [0.25, 0.3) is 0 Å². The molecular formula is C21H28N4O. The van der Waals surface area contributed by atoms with Crippen LogP contribution in [0.1, 0.15) is 44.1 Å². The lowest BCUT2D eigenvalue weighted by molar-refractivity contribution is -0.0492. The van der Waals surface area contributed by atoms with Gasteiger partial charge in [0.15, 0.2) is 6.19 Å². The maximum atomic E-state index is 9.09. The number of guanidine groups is 1. The number of nitriles is 1. The maximum absolute atomic E-state index is 9.09. The van der Waals surface area contributed by atoms with Gasteiger partial charge in [-0.15, -0.1) is 0 Å². The highest BCUT2D eigenvalue weighted by Crippen LogP contribution is 2.59. The largest absolute Gasteiger partial charge is 0.496 e. The highest BCUT2D eigenvalue weighted by molar-refractivity contribution is 5.81. The van der Waals surface area contributed by atoms with E-state index in [0.29, 0.717) is 17.9 Å². The van der Waals surface area contributed by atoms with Gasteiger partial charge in [0.2, 0.25) is 5.96 Å². The Morgan fingerprint density at radius 2 is 1.85 bits per heavy atom. The smallest absolute Gasteiger partial charge is 0.205 e. The van der Waals surface area contributed by atoms with E-state index < -0.39 is 0 Å². The first-order valence-corrected chi connectivity index (χ1v) is 9.75. The number of ether oxygens (including phenoxy) is 1. The van der Waals surface area contributed by atoms with E-state index in [4.69, 9.17) is 10.00 Å². The van der Waals surface area contributed by atoms with Crippen molar-refractivity contribution in [1.82, 2.24) is 10.6 Å². The van der Waals surface area contributed by atoms with Crippen molar-refractivity contribution >= 4 is 5.96 Å². The predicted octanol–water partition coefficient (Wildman–Crippen LogP) is 3.43. The highest BCUT2D eigenvalue weighted by atomic mass is 16.5. The van der Waals surface area contributed by atoms with E-state index in [2.05, 4.69) is 15.6 Å². The summed E-state index contributed by atoms with van der Waals surface area (Å²) in [7, 11) is 1.67. The fourth-order valence-electron chi connectivity index (χ4n) is 5.97. The Labute approximate surface area is 155 Å². The summed E-state index contributed by atoms with van der Waals surface area (Å²) in [5.41, 5.74) is 1.43. The van der Waals surface area contributed by atoms with Crippen LogP contribution in [-0.2, 0) is 6.54 Å². The lowest BCUT2D eigenvalue weighted by Gasteiger charge is -2.57. The molecule has 0 unspecified atom stereocenters. The number of hydrogen-bond donors (Lipinski definition) is 2. The van der Waals surface area contributed by atoms with E-state index in [1.165, 1.54) is 38.5 Å². The van der Waals surface area contributed by atoms with E-state index in [1.807, 2.05) is 30.5 Å². The summed E-state index contributed by atoms with van der Waals surface area (Å²) in [4.78, 5) is 4.60. The minimum Gasteiger partial charge on any atom is -0.496 e. The van der Waals surface area contributed by atoms with Gasteiger partial charge in [0, 0.05) is 12.1 Å². The number of rotatable bonds is 5. The second-order valence-electron chi connectivity index (χ2n) is 8.48. The van der Waals surface area contributed by atoms with Crippen LogP contribution in [-0.4, -0.2) is 19.6 Å². The maximum Gasteiger partial charge on any atom is 0.205 e. The molecule has 0 aromatic heterocycles. The number of hydrogen-bond acceptors (Lipinski definition) is 3. The van der Waals surface area contributed by atoms with Crippen LogP contribution in [0.15, 0.2) is 29.3 Å². The molecule has 0 spiro atoms. The fraction of sp³-hybridized carbons (Fsp3) is 0.619.